The average Bonchev–Trinajstić information content (AvgIpc) is 2.74. The molecule has 0 aliphatic carbocycles. The maximum absolute atomic E-state index is 11.3. The Balaban J connectivity index is 1.66. The fourth-order valence-electron chi connectivity index (χ4n) is 3.28. The summed E-state index contributed by atoms with van der Waals surface area (Å²) in [6.45, 7) is 3.59. The van der Waals surface area contributed by atoms with Crippen LogP contribution in [0.15, 0.2) is 78.9 Å². The highest BCUT2D eigenvalue weighted by atomic mass is 16.1. The van der Waals surface area contributed by atoms with Crippen molar-refractivity contribution in [1.82, 2.24) is 9.97 Å². The van der Waals surface area contributed by atoms with Gasteiger partial charge in [0, 0.05) is 29.7 Å². The first-order valence-electron chi connectivity index (χ1n) is 9.81. The molecule has 1 aromatic heterocycles. The number of hydrogen-bond donors (Lipinski definition) is 3. The van der Waals surface area contributed by atoms with Crippen LogP contribution >= 0.6 is 0 Å². The van der Waals surface area contributed by atoms with Gasteiger partial charge in [0.1, 0.15) is 5.82 Å². The van der Waals surface area contributed by atoms with Gasteiger partial charge in [0.05, 0.1) is 5.52 Å². The first kappa shape index (κ1) is 19.4. The summed E-state index contributed by atoms with van der Waals surface area (Å²) < 4.78 is 0. The summed E-state index contributed by atoms with van der Waals surface area (Å²) in [5.41, 5.74) is 3.52. The van der Waals surface area contributed by atoms with Crippen molar-refractivity contribution in [3.05, 3.63) is 84.4 Å². The van der Waals surface area contributed by atoms with Crippen LogP contribution in [-0.4, -0.2) is 15.9 Å². The maximum atomic E-state index is 11.3. The van der Waals surface area contributed by atoms with E-state index in [9.17, 15) is 4.79 Å². The molecular weight excluding hydrogens is 374 g/mol. The van der Waals surface area contributed by atoms with E-state index in [2.05, 4.69) is 40.0 Å². The Morgan fingerprint density at radius 1 is 0.867 bits per heavy atom. The SMILES string of the molecule is CC(=O)Nc1cccc(Nc2nc(NC(C)c3ccccc3)c3ccccc3n2)c1. The smallest absolute Gasteiger partial charge is 0.229 e. The summed E-state index contributed by atoms with van der Waals surface area (Å²) >= 11 is 0. The van der Waals surface area contributed by atoms with Crippen LogP contribution in [0.4, 0.5) is 23.1 Å². The van der Waals surface area contributed by atoms with Crippen molar-refractivity contribution < 1.29 is 4.79 Å². The van der Waals surface area contributed by atoms with E-state index >= 15 is 0 Å². The number of anilines is 4. The van der Waals surface area contributed by atoms with Crippen LogP contribution in [0.25, 0.3) is 10.9 Å². The van der Waals surface area contributed by atoms with Gasteiger partial charge in [-0.2, -0.15) is 4.98 Å². The van der Waals surface area contributed by atoms with E-state index in [4.69, 9.17) is 4.98 Å². The molecule has 3 aromatic carbocycles. The van der Waals surface area contributed by atoms with Crippen LogP contribution in [0.2, 0.25) is 0 Å². The molecule has 6 nitrogen and oxygen atoms in total. The Morgan fingerprint density at radius 3 is 2.40 bits per heavy atom. The molecule has 30 heavy (non-hydrogen) atoms. The third kappa shape index (κ3) is 4.55. The van der Waals surface area contributed by atoms with Gasteiger partial charge in [0.2, 0.25) is 11.9 Å². The van der Waals surface area contributed by atoms with Crippen LogP contribution in [0, 0.1) is 0 Å². The molecule has 150 valence electrons. The number of nitrogens with one attached hydrogen (secondary N) is 3. The standard InChI is InChI=1S/C24H23N5O/c1-16(18-9-4-3-5-10-18)25-23-21-13-6-7-14-22(21)28-24(29-23)27-20-12-8-11-19(15-20)26-17(2)30/h3-16H,1-2H3,(H,26,30)(H2,25,27,28,29). The Bertz CT molecular complexity index is 1180. The third-order valence-corrected chi connectivity index (χ3v) is 4.70. The molecular formula is C24H23N5O. The molecule has 1 atom stereocenters. The molecule has 0 spiro atoms. The molecule has 0 bridgehead atoms. The predicted octanol–water partition coefficient (Wildman–Crippen LogP) is 5.50. The van der Waals surface area contributed by atoms with E-state index in [1.54, 1.807) is 0 Å². The summed E-state index contributed by atoms with van der Waals surface area (Å²) in [6, 6.07) is 25.7. The van der Waals surface area contributed by atoms with Gasteiger partial charge in [0.15, 0.2) is 0 Å². The van der Waals surface area contributed by atoms with Crippen molar-refractivity contribution in [1.29, 1.82) is 0 Å². The van der Waals surface area contributed by atoms with Crippen molar-refractivity contribution in [3.8, 4) is 0 Å². The second kappa shape index (κ2) is 8.61. The Kier molecular flexibility index (Phi) is 5.57. The molecule has 1 heterocycles. The zero-order valence-corrected chi connectivity index (χ0v) is 16.9. The topological polar surface area (TPSA) is 78.9 Å². The number of amides is 1. The molecule has 4 aromatic rings. The van der Waals surface area contributed by atoms with Gasteiger partial charge < -0.3 is 16.0 Å². The zero-order chi connectivity index (χ0) is 20.9. The summed E-state index contributed by atoms with van der Waals surface area (Å²) in [5, 5.41) is 10.5. The molecule has 1 unspecified atom stereocenters. The van der Waals surface area contributed by atoms with Crippen LogP contribution < -0.4 is 16.0 Å². The number of rotatable bonds is 6. The molecule has 6 heteroatoms. The second-order valence-electron chi connectivity index (χ2n) is 7.08. The monoisotopic (exact) mass is 397 g/mol. The summed E-state index contributed by atoms with van der Waals surface area (Å²) in [7, 11) is 0. The minimum absolute atomic E-state index is 0.0838. The average molecular weight is 397 g/mol. The quantitative estimate of drug-likeness (QED) is 0.400. The van der Waals surface area contributed by atoms with Gasteiger partial charge in [-0.25, -0.2) is 4.98 Å². The van der Waals surface area contributed by atoms with E-state index in [-0.39, 0.29) is 11.9 Å². The van der Waals surface area contributed by atoms with Crippen LogP contribution in [0.1, 0.15) is 25.5 Å². The lowest BCUT2D eigenvalue weighted by atomic mass is 10.1. The van der Waals surface area contributed by atoms with Gasteiger partial charge in [-0.3, -0.25) is 4.79 Å². The molecule has 0 saturated heterocycles. The van der Waals surface area contributed by atoms with Gasteiger partial charge in [0.25, 0.3) is 0 Å². The second-order valence-corrected chi connectivity index (χ2v) is 7.08. The van der Waals surface area contributed by atoms with Crippen LogP contribution in [0.5, 0.6) is 0 Å². The first-order chi connectivity index (χ1) is 14.6. The first-order valence-corrected chi connectivity index (χ1v) is 9.81. The lowest BCUT2D eigenvalue weighted by molar-refractivity contribution is -0.114. The number of hydrogen-bond acceptors (Lipinski definition) is 5. The van der Waals surface area contributed by atoms with Crippen molar-refractivity contribution in [2.45, 2.75) is 19.9 Å². The molecule has 0 saturated carbocycles. The number of carbonyl (C=O) groups excluding carboxylic acids is 1. The summed E-state index contributed by atoms with van der Waals surface area (Å²) in [6.07, 6.45) is 0. The highest BCUT2D eigenvalue weighted by Crippen LogP contribution is 2.27. The van der Waals surface area contributed by atoms with E-state index < -0.39 is 0 Å². The zero-order valence-electron chi connectivity index (χ0n) is 16.9. The van der Waals surface area contributed by atoms with Crippen molar-refractivity contribution in [3.63, 3.8) is 0 Å². The summed E-state index contributed by atoms with van der Waals surface area (Å²) in [5.74, 6) is 1.13. The molecule has 0 fully saturated rings. The molecule has 0 aliphatic rings. The van der Waals surface area contributed by atoms with E-state index in [0.717, 1.165) is 22.4 Å². The minimum Gasteiger partial charge on any atom is -0.363 e. The molecule has 0 aliphatic heterocycles. The fourth-order valence-corrected chi connectivity index (χ4v) is 3.28. The Hall–Kier alpha value is -3.93. The van der Waals surface area contributed by atoms with E-state index in [1.807, 2.05) is 66.7 Å². The van der Waals surface area contributed by atoms with Crippen molar-refractivity contribution in [2.75, 3.05) is 16.0 Å². The molecule has 4 rings (SSSR count). The lowest BCUT2D eigenvalue weighted by Gasteiger charge is -2.17. The van der Waals surface area contributed by atoms with Crippen LogP contribution in [-0.2, 0) is 4.79 Å². The molecule has 1 amide bonds. The van der Waals surface area contributed by atoms with Gasteiger partial charge in [-0.05, 0) is 42.8 Å². The predicted molar refractivity (Wildman–Crippen MR) is 122 cm³/mol. The fraction of sp³-hybridized carbons (Fsp3) is 0.125. The van der Waals surface area contributed by atoms with Crippen molar-refractivity contribution >= 4 is 40.0 Å². The van der Waals surface area contributed by atoms with Crippen LogP contribution in [0.3, 0.4) is 0 Å². The Labute approximate surface area is 175 Å². The van der Waals surface area contributed by atoms with Gasteiger partial charge >= 0.3 is 0 Å². The minimum atomic E-state index is -0.115. The highest BCUT2D eigenvalue weighted by molar-refractivity contribution is 5.91. The molecule has 0 radical (unpaired) electrons. The van der Waals surface area contributed by atoms with E-state index in [1.165, 1.54) is 12.5 Å². The number of carbonyl (C=O) groups is 1. The van der Waals surface area contributed by atoms with Gasteiger partial charge in [-0.15, -0.1) is 0 Å². The van der Waals surface area contributed by atoms with Crippen molar-refractivity contribution in [2.24, 2.45) is 0 Å². The normalized spacial score (nSPS) is 11.7. The number of aromatic nitrogens is 2. The largest absolute Gasteiger partial charge is 0.363 e. The number of fused-ring (bicyclic) bond motifs is 1. The summed E-state index contributed by atoms with van der Waals surface area (Å²) in [4.78, 5) is 20.7. The number of benzene rings is 3. The molecule has 3 N–H and O–H groups in total. The van der Waals surface area contributed by atoms with E-state index in [0.29, 0.717) is 11.6 Å². The number of para-hydroxylation sites is 1. The number of nitrogens with zero attached hydrogens (tertiary/aromatic N) is 2. The maximum Gasteiger partial charge on any atom is 0.229 e. The van der Waals surface area contributed by atoms with Gasteiger partial charge in [-0.1, -0.05) is 48.5 Å². The third-order valence-electron chi connectivity index (χ3n) is 4.70. The highest BCUT2D eigenvalue weighted by Gasteiger charge is 2.12. The Morgan fingerprint density at radius 2 is 1.60 bits per heavy atom. The lowest BCUT2D eigenvalue weighted by Crippen LogP contribution is -2.10.